The molecule has 38 heavy (non-hydrogen) atoms. The second kappa shape index (κ2) is 11.2. The molecular weight excluding hydrogens is 513 g/mol. The number of halogens is 3. The van der Waals surface area contributed by atoms with Gasteiger partial charge >= 0.3 is 6.18 Å². The van der Waals surface area contributed by atoms with Crippen molar-refractivity contribution in [3.05, 3.63) is 87.4 Å². The minimum Gasteiger partial charge on any atom is -0.339 e. The molecule has 3 aromatic rings. The Hall–Kier alpha value is -3.24. The largest absolute Gasteiger partial charge is 0.417 e. The van der Waals surface area contributed by atoms with Gasteiger partial charge in [-0.2, -0.15) is 13.2 Å². The van der Waals surface area contributed by atoms with Gasteiger partial charge in [0, 0.05) is 57.1 Å². The Balaban J connectivity index is 1.14. The number of carbonyl (C=O) groups excluding carboxylic acids is 2. The van der Waals surface area contributed by atoms with Crippen LogP contribution in [0.25, 0.3) is 0 Å². The quantitative estimate of drug-likeness (QED) is 0.448. The Morgan fingerprint density at radius 3 is 2.16 bits per heavy atom. The van der Waals surface area contributed by atoms with Gasteiger partial charge in [0.15, 0.2) is 0 Å². The average molecular weight is 543 g/mol. The second-order valence-corrected chi connectivity index (χ2v) is 10.6. The number of nitrogens with zero attached hydrogens (tertiary/aromatic N) is 4. The maximum Gasteiger partial charge on any atom is 0.417 e. The third kappa shape index (κ3) is 5.91. The van der Waals surface area contributed by atoms with Crippen molar-refractivity contribution in [2.24, 2.45) is 0 Å². The fraction of sp³-hybridized carbons (Fsp3) is 0.393. The molecule has 2 amide bonds. The first-order valence-electron chi connectivity index (χ1n) is 12.8. The summed E-state index contributed by atoms with van der Waals surface area (Å²) >= 11 is 1.44. The predicted octanol–water partition coefficient (Wildman–Crippen LogP) is 5.14. The Morgan fingerprint density at radius 2 is 1.47 bits per heavy atom. The van der Waals surface area contributed by atoms with Crippen molar-refractivity contribution >= 4 is 23.2 Å². The van der Waals surface area contributed by atoms with Crippen LogP contribution < -0.4 is 0 Å². The fourth-order valence-corrected chi connectivity index (χ4v) is 6.07. The molecule has 200 valence electrons. The van der Waals surface area contributed by atoms with Crippen molar-refractivity contribution in [3.63, 3.8) is 0 Å². The molecule has 0 saturated carbocycles. The summed E-state index contributed by atoms with van der Waals surface area (Å²) in [5.74, 6) is -0.591. The lowest BCUT2D eigenvalue weighted by molar-refractivity contribution is -0.138. The maximum absolute atomic E-state index is 13.4. The van der Waals surface area contributed by atoms with E-state index in [0.717, 1.165) is 30.7 Å². The molecule has 0 N–H and O–H groups in total. The Labute approximate surface area is 223 Å². The molecule has 0 unspecified atom stereocenters. The fourth-order valence-electron chi connectivity index (χ4n) is 5.10. The number of hydrogen-bond donors (Lipinski definition) is 0. The summed E-state index contributed by atoms with van der Waals surface area (Å²) in [7, 11) is 0. The van der Waals surface area contributed by atoms with Crippen molar-refractivity contribution in [3.8, 4) is 0 Å². The molecule has 2 saturated heterocycles. The number of rotatable bonds is 5. The van der Waals surface area contributed by atoms with Gasteiger partial charge in [0.25, 0.3) is 11.8 Å². The molecule has 10 heteroatoms. The predicted molar refractivity (Wildman–Crippen MR) is 139 cm³/mol. The van der Waals surface area contributed by atoms with E-state index < -0.39 is 17.6 Å². The third-order valence-electron chi connectivity index (χ3n) is 7.24. The maximum atomic E-state index is 13.4. The van der Waals surface area contributed by atoms with Crippen molar-refractivity contribution < 1.29 is 22.8 Å². The molecule has 2 aliphatic rings. The zero-order valence-corrected chi connectivity index (χ0v) is 21.7. The minimum absolute atomic E-state index is 0.0665. The van der Waals surface area contributed by atoms with Crippen LogP contribution in [0.1, 0.15) is 55.7 Å². The molecule has 0 bridgehead atoms. The summed E-state index contributed by atoms with van der Waals surface area (Å²) in [5.41, 5.74) is 0.480. The zero-order chi connectivity index (χ0) is 26.7. The highest BCUT2D eigenvalue weighted by Crippen LogP contribution is 2.34. The lowest BCUT2D eigenvalue weighted by Crippen LogP contribution is -2.48. The van der Waals surface area contributed by atoms with Crippen LogP contribution in [0, 0.1) is 0 Å². The van der Waals surface area contributed by atoms with Gasteiger partial charge in [0.05, 0.1) is 16.1 Å². The van der Waals surface area contributed by atoms with Gasteiger partial charge in [0.1, 0.15) is 5.69 Å². The summed E-state index contributed by atoms with van der Waals surface area (Å²) in [6.45, 7) is 4.48. The van der Waals surface area contributed by atoms with E-state index in [9.17, 15) is 22.8 Å². The van der Waals surface area contributed by atoms with E-state index >= 15 is 0 Å². The number of likely N-dealkylation sites (tertiary alicyclic amines) is 1. The van der Waals surface area contributed by atoms with E-state index in [1.165, 1.54) is 40.0 Å². The monoisotopic (exact) mass is 542 g/mol. The van der Waals surface area contributed by atoms with Crippen LogP contribution >= 0.6 is 11.3 Å². The molecule has 2 fully saturated rings. The topological polar surface area (TPSA) is 56.8 Å². The summed E-state index contributed by atoms with van der Waals surface area (Å²) in [4.78, 5) is 36.2. The van der Waals surface area contributed by atoms with Crippen LogP contribution in [-0.2, 0) is 12.7 Å². The van der Waals surface area contributed by atoms with E-state index in [1.807, 2.05) is 23.1 Å². The number of carbonyl (C=O) groups is 2. The first kappa shape index (κ1) is 26.4. The van der Waals surface area contributed by atoms with Gasteiger partial charge in [-0.05, 0) is 30.5 Å². The molecule has 2 aliphatic heterocycles. The Morgan fingerprint density at radius 1 is 0.842 bits per heavy atom. The third-order valence-corrected chi connectivity index (χ3v) is 8.25. The van der Waals surface area contributed by atoms with E-state index in [1.54, 1.807) is 5.38 Å². The average Bonchev–Trinajstić information content (AvgIpc) is 3.43. The highest BCUT2D eigenvalue weighted by Gasteiger charge is 2.37. The van der Waals surface area contributed by atoms with E-state index in [2.05, 4.69) is 22.0 Å². The van der Waals surface area contributed by atoms with Gasteiger partial charge < -0.3 is 9.80 Å². The summed E-state index contributed by atoms with van der Waals surface area (Å²) < 4.78 is 40.1. The number of amides is 2. The summed E-state index contributed by atoms with van der Waals surface area (Å²) in [5, 5.41) is 2.64. The number of piperazine rings is 1. The Kier molecular flexibility index (Phi) is 7.80. The molecule has 6 nitrogen and oxygen atoms in total. The van der Waals surface area contributed by atoms with Crippen LogP contribution in [0.4, 0.5) is 13.2 Å². The molecule has 3 heterocycles. The molecule has 2 aromatic carbocycles. The van der Waals surface area contributed by atoms with Crippen molar-refractivity contribution in [1.29, 1.82) is 0 Å². The van der Waals surface area contributed by atoms with Gasteiger partial charge in [-0.3, -0.25) is 14.5 Å². The summed E-state index contributed by atoms with van der Waals surface area (Å²) in [6.07, 6.45) is -3.39. The normalized spacial score (nSPS) is 17.6. The molecule has 0 spiro atoms. The van der Waals surface area contributed by atoms with Crippen LogP contribution in [0.3, 0.4) is 0 Å². The van der Waals surface area contributed by atoms with Gasteiger partial charge in [0.2, 0.25) is 0 Å². The molecular formula is C28H29F3N4O2S. The van der Waals surface area contributed by atoms with Crippen LogP contribution in [0.15, 0.2) is 60.0 Å². The SMILES string of the molecule is O=C(c1csc(C2CCN(C(=O)c3ccccc3C(F)(F)F)CC2)n1)N1CCN(Cc2ccccc2)CC1. The first-order chi connectivity index (χ1) is 18.3. The second-order valence-electron chi connectivity index (χ2n) is 9.73. The van der Waals surface area contributed by atoms with Crippen LogP contribution in [0.2, 0.25) is 0 Å². The minimum atomic E-state index is -4.58. The lowest BCUT2D eigenvalue weighted by Gasteiger charge is -2.34. The number of aromatic nitrogens is 1. The molecule has 0 radical (unpaired) electrons. The number of thiazole rings is 1. The first-order valence-corrected chi connectivity index (χ1v) is 13.6. The van der Waals surface area contributed by atoms with Crippen LogP contribution in [-0.4, -0.2) is 70.8 Å². The van der Waals surface area contributed by atoms with E-state index in [4.69, 9.17) is 0 Å². The van der Waals surface area contributed by atoms with Crippen molar-refractivity contribution in [2.75, 3.05) is 39.3 Å². The summed E-state index contributed by atoms with van der Waals surface area (Å²) in [6, 6.07) is 15.2. The van der Waals surface area contributed by atoms with Crippen molar-refractivity contribution in [1.82, 2.24) is 19.7 Å². The molecule has 1 aromatic heterocycles. The number of benzene rings is 2. The highest BCUT2D eigenvalue weighted by atomic mass is 32.1. The lowest BCUT2D eigenvalue weighted by atomic mass is 9.96. The van der Waals surface area contributed by atoms with Crippen molar-refractivity contribution in [2.45, 2.75) is 31.5 Å². The Bertz CT molecular complexity index is 1260. The number of piperidine rings is 1. The standard InChI is InChI=1S/C28H29F3N4O2S/c29-28(30,31)23-9-5-4-8-22(23)26(36)34-12-10-21(11-13-34)25-32-24(19-38-25)27(37)35-16-14-33(15-17-35)18-20-6-2-1-3-7-20/h1-9,19,21H,10-18H2. The number of alkyl halides is 3. The van der Waals surface area contributed by atoms with E-state index in [0.29, 0.717) is 44.7 Å². The van der Waals surface area contributed by atoms with Crippen LogP contribution in [0.5, 0.6) is 0 Å². The number of hydrogen-bond acceptors (Lipinski definition) is 5. The van der Waals surface area contributed by atoms with E-state index in [-0.39, 0.29) is 17.4 Å². The molecule has 0 aliphatic carbocycles. The highest BCUT2D eigenvalue weighted by molar-refractivity contribution is 7.09. The van der Waals surface area contributed by atoms with Gasteiger partial charge in [-0.25, -0.2) is 4.98 Å². The zero-order valence-electron chi connectivity index (χ0n) is 20.9. The van der Waals surface area contributed by atoms with Gasteiger partial charge in [-0.15, -0.1) is 11.3 Å². The molecule has 0 atom stereocenters. The molecule has 5 rings (SSSR count). The van der Waals surface area contributed by atoms with Gasteiger partial charge in [-0.1, -0.05) is 42.5 Å². The smallest absolute Gasteiger partial charge is 0.339 e.